The van der Waals surface area contributed by atoms with Crippen LogP contribution in [0.5, 0.6) is 11.5 Å². The van der Waals surface area contributed by atoms with Crippen LogP contribution in [-0.4, -0.2) is 14.2 Å². The first-order chi connectivity index (χ1) is 8.67. The normalized spacial score (nSPS) is 11.4. The number of nitrogens with one attached hydrogen (secondary N) is 1. The first kappa shape index (κ1) is 14.7. The lowest BCUT2D eigenvalue weighted by atomic mass is 10.0. The molecule has 0 spiro atoms. The van der Waals surface area contributed by atoms with Crippen LogP contribution in [0.25, 0.3) is 0 Å². The molecular formula is C13H17ClN2O2. The van der Waals surface area contributed by atoms with Crippen LogP contribution in [0.15, 0.2) is 12.1 Å². The van der Waals surface area contributed by atoms with Gasteiger partial charge in [-0.25, -0.2) is 0 Å². The molecule has 1 atom stereocenters. The molecule has 0 saturated heterocycles. The van der Waals surface area contributed by atoms with Gasteiger partial charge in [0, 0.05) is 6.42 Å². The van der Waals surface area contributed by atoms with E-state index in [1.165, 1.54) is 0 Å². The summed E-state index contributed by atoms with van der Waals surface area (Å²) in [5.74, 6) is 12.4. The number of nitrogens with two attached hydrogens (primary N) is 1. The summed E-state index contributed by atoms with van der Waals surface area (Å²) in [7, 11) is 3.11. The molecule has 0 heterocycles. The van der Waals surface area contributed by atoms with Crippen LogP contribution in [0.3, 0.4) is 0 Å². The average molecular weight is 269 g/mol. The number of hydrogen-bond donors (Lipinski definition) is 2. The number of rotatable bonds is 5. The minimum absolute atomic E-state index is 0.102. The highest BCUT2D eigenvalue weighted by atomic mass is 35.5. The maximum atomic E-state index is 6.14. The summed E-state index contributed by atoms with van der Waals surface area (Å²) in [5.41, 5.74) is 3.62. The molecule has 0 saturated carbocycles. The van der Waals surface area contributed by atoms with Crippen molar-refractivity contribution >= 4 is 11.6 Å². The van der Waals surface area contributed by atoms with E-state index in [1.807, 2.05) is 6.07 Å². The molecule has 5 heteroatoms. The van der Waals surface area contributed by atoms with Crippen molar-refractivity contribution in [3.05, 3.63) is 22.7 Å². The molecule has 0 fully saturated rings. The zero-order valence-corrected chi connectivity index (χ0v) is 11.5. The molecule has 18 heavy (non-hydrogen) atoms. The first-order valence-electron chi connectivity index (χ1n) is 5.45. The van der Waals surface area contributed by atoms with Gasteiger partial charge in [-0.3, -0.25) is 11.3 Å². The minimum atomic E-state index is -0.102. The van der Waals surface area contributed by atoms with E-state index in [4.69, 9.17) is 26.9 Å². The highest BCUT2D eigenvalue weighted by Crippen LogP contribution is 2.37. The quantitative estimate of drug-likeness (QED) is 0.489. The van der Waals surface area contributed by atoms with Crippen molar-refractivity contribution in [3.63, 3.8) is 0 Å². The molecule has 1 aromatic rings. The molecule has 0 aliphatic rings. The Bertz CT molecular complexity index is 466. The standard InChI is InChI=1S/C13H17ClN2O2/c1-4-5-6-11(16-15)9-7-10(14)13(18-3)12(8-9)17-2/h7-8,11,16H,6,15H2,1-3H3. The molecule has 0 aliphatic carbocycles. The monoisotopic (exact) mass is 268 g/mol. The summed E-state index contributed by atoms with van der Waals surface area (Å²) in [5, 5.41) is 0.483. The van der Waals surface area contributed by atoms with Crippen LogP contribution in [0.1, 0.15) is 24.9 Å². The SMILES string of the molecule is CC#CCC(NN)c1cc(Cl)c(OC)c(OC)c1. The summed E-state index contributed by atoms with van der Waals surface area (Å²) in [6.45, 7) is 1.79. The topological polar surface area (TPSA) is 56.5 Å². The Kier molecular flexibility index (Phi) is 5.79. The van der Waals surface area contributed by atoms with Crippen LogP contribution in [0.4, 0.5) is 0 Å². The molecular weight excluding hydrogens is 252 g/mol. The molecule has 1 unspecified atom stereocenters. The maximum Gasteiger partial charge on any atom is 0.179 e. The Labute approximate surface area is 112 Å². The van der Waals surface area contributed by atoms with Crippen molar-refractivity contribution in [1.82, 2.24) is 5.43 Å². The van der Waals surface area contributed by atoms with E-state index in [9.17, 15) is 0 Å². The number of hydrazine groups is 1. The Hall–Kier alpha value is -1.41. The van der Waals surface area contributed by atoms with Crippen molar-refractivity contribution in [2.24, 2.45) is 5.84 Å². The molecule has 3 N–H and O–H groups in total. The number of benzene rings is 1. The smallest absolute Gasteiger partial charge is 0.179 e. The van der Waals surface area contributed by atoms with Crippen molar-refractivity contribution < 1.29 is 9.47 Å². The number of ether oxygens (including phenoxy) is 2. The lowest BCUT2D eigenvalue weighted by Crippen LogP contribution is -2.27. The van der Waals surface area contributed by atoms with Crippen molar-refractivity contribution in [2.45, 2.75) is 19.4 Å². The zero-order chi connectivity index (χ0) is 13.5. The van der Waals surface area contributed by atoms with E-state index < -0.39 is 0 Å². The third-order valence-electron chi connectivity index (χ3n) is 2.54. The van der Waals surface area contributed by atoms with Gasteiger partial charge in [0.25, 0.3) is 0 Å². The Balaban J connectivity index is 3.14. The lowest BCUT2D eigenvalue weighted by Gasteiger charge is -2.17. The van der Waals surface area contributed by atoms with Gasteiger partial charge in [0.1, 0.15) is 0 Å². The van der Waals surface area contributed by atoms with Gasteiger partial charge in [-0.05, 0) is 24.6 Å². The van der Waals surface area contributed by atoms with Crippen LogP contribution >= 0.6 is 11.6 Å². The van der Waals surface area contributed by atoms with Gasteiger partial charge in [0.2, 0.25) is 0 Å². The fraction of sp³-hybridized carbons (Fsp3) is 0.385. The largest absolute Gasteiger partial charge is 0.493 e. The highest BCUT2D eigenvalue weighted by Gasteiger charge is 2.15. The van der Waals surface area contributed by atoms with Crippen LogP contribution in [0, 0.1) is 11.8 Å². The number of methoxy groups -OCH3 is 2. The molecule has 0 aromatic heterocycles. The van der Waals surface area contributed by atoms with Crippen LogP contribution < -0.4 is 20.7 Å². The van der Waals surface area contributed by atoms with Crippen molar-refractivity contribution in [3.8, 4) is 23.3 Å². The Morgan fingerprint density at radius 1 is 1.39 bits per heavy atom. The predicted octanol–water partition coefficient (Wildman–Crippen LogP) is 2.28. The van der Waals surface area contributed by atoms with Crippen molar-refractivity contribution in [2.75, 3.05) is 14.2 Å². The second-order valence-electron chi connectivity index (χ2n) is 3.59. The van der Waals surface area contributed by atoms with Crippen LogP contribution in [0.2, 0.25) is 5.02 Å². The second kappa shape index (κ2) is 7.12. The number of halogens is 1. The molecule has 98 valence electrons. The van der Waals surface area contributed by atoms with Crippen molar-refractivity contribution in [1.29, 1.82) is 0 Å². The van der Waals surface area contributed by atoms with Gasteiger partial charge in [-0.2, -0.15) is 0 Å². The van der Waals surface area contributed by atoms with Gasteiger partial charge in [-0.1, -0.05) is 11.6 Å². The van der Waals surface area contributed by atoms with E-state index in [1.54, 1.807) is 27.2 Å². The van der Waals surface area contributed by atoms with E-state index in [0.717, 1.165) is 5.56 Å². The summed E-state index contributed by atoms with van der Waals surface area (Å²) in [4.78, 5) is 0. The summed E-state index contributed by atoms with van der Waals surface area (Å²) < 4.78 is 10.4. The zero-order valence-electron chi connectivity index (χ0n) is 10.7. The van der Waals surface area contributed by atoms with Gasteiger partial charge >= 0.3 is 0 Å². The molecule has 0 bridgehead atoms. The Morgan fingerprint density at radius 3 is 2.61 bits per heavy atom. The molecule has 1 rings (SSSR count). The fourth-order valence-electron chi connectivity index (χ4n) is 1.62. The van der Waals surface area contributed by atoms with Gasteiger partial charge in [0.15, 0.2) is 11.5 Å². The average Bonchev–Trinajstić information content (AvgIpc) is 2.38. The summed E-state index contributed by atoms with van der Waals surface area (Å²) in [6, 6.07) is 3.53. The third kappa shape index (κ3) is 3.30. The highest BCUT2D eigenvalue weighted by molar-refractivity contribution is 6.32. The maximum absolute atomic E-state index is 6.14. The molecule has 4 nitrogen and oxygen atoms in total. The van der Waals surface area contributed by atoms with Gasteiger partial charge in [0.05, 0.1) is 25.3 Å². The third-order valence-corrected chi connectivity index (χ3v) is 2.82. The van der Waals surface area contributed by atoms with Crippen LogP contribution in [-0.2, 0) is 0 Å². The molecule has 1 aromatic carbocycles. The molecule has 0 aliphatic heterocycles. The predicted molar refractivity (Wildman–Crippen MR) is 72.7 cm³/mol. The Morgan fingerprint density at radius 2 is 2.11 bits per heavy atom. The van der Waals surface area contributed by atoms with E-state index in [2.05, 4.69) is 17.3 Å². The fourth-order valence-corrected chi connectivity index (χ4v) is 1.91. The van der Waals surface area contributed by atoms with E-state index in [0.29, 0.717) is 22.9 Å². The van der Waals surface area contributed by atoms with Gasteiger partial charge in [-0.15, -0.1) is 11.8 Å². The van der Waals surface area contributed by atoms with E-state index in [-0.39, 0.29) is 6.04 Å². The van der Waals surface area contributed by atoms with Gasteiger partial charge < -0.3 is 9.47 Å². The molecule has 0 radical (unpaired) electrons. The minimum Gasteiger partial charge on any atom is -0.493 e. The van der Waals surface area contributed by atoms with E-state index >= 15 is 0 Å². The molecule has 0 amide bonds. The summed E-state index contributed by atoms with van der Waals surface area (Å²) in [6.07, 6.45) is 0.596. The second-order valence-corrected chi connectivity index (χ2v) is 4.00. The first-order valence-corrected chi connectivity index (χ1v) is 5.82. The number of hydrogen-bond acceptors (Lipinski definition) is 4. The lowest BCUT2D eigenvalue weighted by molar-refractivity contribution is 0.354. The summed E-state index contributed by atoms with van der Waals surface area (Å²) >= 11 is 6.14.